The van der Waals surface area contributed by atoms with Gasteiger partial charge in [0.15, 0.2) is 0 Å². The Labute approximate surface area is 123 Å². The van der Waals surface area contributed by atoms with E-state index < -0.39 is 14.8 Å². The lowest BCUT2D eigenvalue weighted by atomic mass is 10.1. The quantitative estimate of drug-likeness (QED) is 0.847. The van der Waals surface area contributed by atoms with Crippen LogP contribution in [0.5, 0.6) is 0 Å². The summed E-state index contributed by atoms with van der Waals surface area (Å²) in [5.74, 6) is 0. The Morgan fingerprint density at radius 1 is 1.25 bits per heavy atom. The third-order valence-electron chi connectivity index (χ3n) is 3.15. The van der Waals surface area contributed by atoms with Gasteiger partial charge in [-0.2, -0.15) is 0 Å². The van der Waals surface area contributed by atoms with E-state index in [1.54, 1.807) is 26.8 Å². The molecule has 5 heteroatoms. The second-order valence-corrected chi connectivity index (χ2v) is 8.45. The zero-order valence-corrected chi connectivity index (χ0v) is 13.8. The Morgan fingerprint density at radius 2 is 1.90 bits per heavy atom. The van der Waals surface area contributed by atoms with Gasteiger partial charge in [0.1, 0.15) is 0 Å². The third-order valence-corrected chi connectivity index (χ3v) is 5.26. The molecule has 0 heterocycles. The van der Waals surface area contributed by atoms with Crippen LogP contribution < -0.4 is 10.0 Å². The molecule has 2 N–H and O–H groups in total. The Balaban J connectivity index is 2.89. The van der Waals surface area contributed by atoms with Gasteiger partial charge >= 0.3 is 0 Å². The van der Waals surface area contributed by atoms with Gasteiger partial charge < -0.3 is 5.32 Å². The highest BCUT2D eigenvalue weighted by Crippen LogP contribution is 2.22. The monoisotopic (exact) mass is 298 g/mol. The van der Waals surface area contributed by atoms with Gasteiger partial charge in [-0.1, -0.05) is 19.1 Å². The number of rotatable bonds is 6. The summed E-state index contributed by atoms with van der Waals surface area (Å²) in [5.41, 5.74) is 1.69. The molecule has 4 nitrogen and oxygen atoms in total. The zero-order chi connectivity index (χ0) is 15.4. The molecule has 0 amide bonds. The number of hydrogen-bond donors (Lipinski definition) is 2. The van der Waals surface area contributed by atoms with Gasteiger partial charge in [0, 0.05) is 11.7 Å². The van der Waals surface area contributed by atoms with E-state index in [2.05, 4.69) is 23.9 Å². The summed E-state index contributed by atoms with van der Waals surface area (Å²) in [5, 5.41) is 3.39. The molecule has 0 aliphatic heterocycles. The Hall–Kier alpha value is -1.07. The van der Waals surface area contributed by atoms with Crippen molar-refractivity contribution in [2.75, 3.05) is 11.3 Å². The first-order valence-electron chi connectivity index (χ1n) is 7.03. The van der Waals surface area contributed by atoms with Crippen LogP contribution in [-0.2, 0) is 10.0 Å². The molecular formula is C15H26N2O2S. The summed E-state index contributed by atoms with van der Waals surface area (Å²) in [6.45, 7) is 10.2. The Bertz CT molecular complexity index is 533. The fraction of sp³-hybridized carbons (Fsp3) is 0.600. The molecule has 0 bridgehead atoms. The molecule has 1 aromatic carbocycles. The lowest BCUT2D eigenvalue weighted by molar-refractivity contribution is 0.565. The topological polar surface area (TPSA) is 58.2 Å². The van der Waals surface area contributed by atoms with Crippen LogP contribution in [0, 0.1) is 0 Å². The van der Waals surface area contributed by atoms with E-state index in [0.29, 0.717) is 5.69 Å². The lowest BCUT2D eigenvalue weighted by Gasteiger charge is -2.21. The molecule has 0 saturated heterocycles. The average molecular weight is 298 g/mol. The number of sulfonamides is 1. The van der Waals surface area contributed by atoms with Crippen molar-refractivity contribution in [3.05, 3.63) is 29.8 Å². The molecule has 0 aliphatic carbocycles. The summed E-state index contributed by atoms with van der Waals surface area (Å²) in [6.07, 6.45) is 1.07. The van der Waals surface area contributed by atoms with Gasteiger partial charge in [-0.25, -0.2) is 8.42 Å². The molecule has 1 atom stereocenters. The van der Waals surface area contributed by atoms with E-state index >= 15 is 0 Å². The van der Waals surface area contributed by atoms with Gasteiger partial charge in [0.25, 0.3) is 0 Å². The van der Waals surface area contributed by atoms with Crippen molar-refractivity contribution < 1.29 is 8.42 Å². The Kier molecular flexibility index (Phi) is 5.59. The fourth-order valence-corrected chi connectivity index (χ4v) is 2.40. The number of anilines is 1. The molecular weight excluding hydrogens is 272 g/mol. The summed E-state index contributed by atoms with van der Waals surface area (Å²) in [4.78, 5) is 0. The van der Waals surface area contributed by atoms with Crippen molar-refractivity contribution in [3.63, 3.8) is 0 Å². The van der Waals surface area contributed by atoms with E-state index in [9.17, 15) is 8.42 Å². The minimum Gasteiger partial charge on any atom is -0.310 e. The minimum absolute atomic E-state index is 0.203. The zero-order valence-electron chi connectivity index (χ0n) is 13.0. The summed E-state index contributed by atoms with van der Waals surface area (Å²) in [6, 6.07) is 7.74. The molecule has 1 rings (SSSR count). The number of hydrogen-bond acceptors (Lipinski definition) is 3. The maximum absolute atomic E-state index is 12.1. The molecule has 1 aromatic rings. The SMILES string of the molecule is CCCNC(C)c1cccc(NS(=O)(=O)C(C)(C)C)c1. The van der Waals surface area contributed by atoms with Crippen LogP contribution in [0.25, 0.3) is 0 Å². The van der Waals surface area contributed by atoms with Crippen molar-refractivity contribution in [3.8, 4) is 0 Å². The van der Waals surface area contributed by atoms with Gasteiger partial charge in [-0.15, -0.1) is 0 Å². The third kappa shape index (κ3) is 4.49. The Morgan fingerprint density at radius 3 is 2.45 bits per heavy atom. The maximum atomic E-state index is 12.1. The molecule has 0 radical (unpaired) electrons. The highest BCUT2D eigenvalue weighted by Gasteiger charge is 2.28. The van der Waals surface area contributed by atoms with E-state index in [1.165, 1.54) is 0 Å². The van der Waals surface area contributed by atoms with Crippen molar-refractivity contribution in [2.45, 2.75) is 51.8 Å². The molecule has 0 fully saturated rings. The van der Waals surface area contributed by atoms with Crippen LogP contribution in [0.1, 0.15) is 52.6 Å². The van der Waals surface area contributed by atoms with Gasteiger partial charge in [0.2, 0.25) is 10.0 Å². The van der Waals surface area contributed by atoms with Crippen LogP contribution in [-0.4, -0.2) is 19.7 Å². The summed E-state index contributed by atoms with van der Waals surface area (Å²) >= 11 is 0. The molecule has 20 heavy (non-hydrogen) atoms. The molecule has 0 saturated carbocycles. The van der Waals surface area contributed by atoms with E-state index in [1.807, 2.05) is 18.2 Å². The summed E-state index contributed by atoms with van der Waals surface area (Å²) in [7, 11) is -3.38. The van der Waals surface area contributed by atoms with E-state index in [-0.39, 0.29) is 6.04 Å². The number of nitrogens with one attached hydrogen (secondary N) is 2. The van der Waals surface area contributed by atoms with E-state index in [4.69, 9.17) is 0 Å². The smallest absolute Gasteiger partial charge is 0.237 e. The van der Waals surface area contributed by atoms with Crippen molar-refractivity contribution in [1.82, 2.24) is 5.32 Å². The van der Waals surface area contributed by atoms with Crippen LogP contribution in [0.3, 0.4) is 0 Å². The molecule has 0 spiro atoms. The molecule has 0 aromatic heterocycles. The van der Waals surface area contributed by atoms with Crippen LogP contribution in [0.4, 0.5) is 5.69 Å². The largest absolute Gasteiger partial charge is 0.310 e. The first-order valence-corrected chi connectivity index (χ1v) is 8.51. The predicted octanol–water partition coefficient (Wildman–Crippen LogP) is 3.29. The average Bonchev–Trinajstić information content (AvgIpc) is 2.34. The second-order valence-electron chi connectivity index (χ2n) is 6.02. The minimum atomic E-state index is -3.38. The van der Waals surface area contributed by atoms with Crippen molar-refractivity contribution >= 4 is 15.7 Å². The van der Waals surface area contributed by atoms with Gasteiger partial charge in [-0.05, 0) is 58.4 Å². The second kappa shape index (κ2) is 6.59. The predicted molar refractivity (Wildman–Crippen MR) is 85.4 cm³/mol. The lowest BCUT2D eigenvalue weighted by Crippen LogP contribution is -2.33. The molecule has 0 aliphatic rings. The van der Waals surface area contributed by atoms with Crippen molar-refractivity contribution in [2.24, 2.45) is 0 Å². The van der Waals surface area contributed by atoms with Crippen LogP contribution >= 0.6 is 0 Å². The maximum Gasteiger partial charge on any atom is 0.237 e. The van der Waals surface area contributed by atoms with Crippen LogP contribution in [0.15, 0.2) is 24.3 Å². The first-order chi connectivity index (χ1) is 9.17. The highest BCUT2D eigenvalue weighted by molar-refractivity contribution is 7.94. The van der Waals surface area contributed by atoms with Crippen LogP contribution in [0.2, 0.25) is 0 Å². The van der Waals surface area contributed by atoms with Gasteiger partial charge in [0.05, 0.1) is 4.75 Å². The standard InChI is InChI=1S/C15H26N2O2S/c1-6-10-16-12(2)13-8-7-9-14(11-13)17-20(18,19)15(3,4)5/h7-9,11-12,16-17H,6,10H2,1-5H3. The molecule has 1 unspecified atom stereocenters. The highest BCUT2D eigenvalue weighted by atomic mass is 32.2. The molecule has 114 valence electrons. The first kappa shape index (κ1) is 17.0. The summed E-state index contributed by atoms with van der Waals surface area (Å²) < 4.78 is 26.1. The normalized spacial score (nSPS) is 14.1. The fourth-order valence-electron chi connectivity index (χ4n) is 1.66. The van der Waals surface area contributed by atoms with E-state index in [0.717, 1.165) is 18.5 Å². The van der Waals surface area contributed by atoms with Gasteiger partial charge in [-0.3, -0.25) is 4.72 Å². The van der Waals surface area contributed by atoms with Crippen molar-refractivity contribution in [1.29, 1.82) is 0 Å². The number of benzene rings is 1.